The molecule has 2 atom stereocenters. The van der Waals surface area contributed by atoms with Crippen LogP contribution in [0.1, 0.15) is 19.1 Å². The Hall–Kier alpha value is -1.33. The van der Waals surface area contributed by atoms with Crippen LogP contribution in [0.2, 0.25) is 0 Å². The predicted molar refractivity (Wildman–Crippen MR) is 68.8 cm³/mol. The van der Waals surface area contributed by atoms with E-state index in [-0.39, 0.29) is 18.0 Å². The van der Waals surface area contributed by atoms with Crippen molar-refractivity contribution in [3.05, 3.63) is 24.2 Å². The highest BCUT2D eigenvalue weighted by molar-refractivity contribution is 5.82. The van der Waals surface area contributed by atoms with Gasteiger partial charge in [0.25, 0.3) is 0 Å². The van der Waals surface area contributed by atoms with Gasteiger partial charge >= 0.3 is 0 Å². The highest BCUT2D eigenvalue weighted by Crippen LogP contribution is 2.18. The highest BCUT2D eigenvalue weighted by atomic mass is 16.3. The van der Waals surface area contributed by atoms with E-state index >= 15 is 0 Å². The first kappa shape index (κ1) is 13.1. The summed E-state index contributed by atoms with van der Waals surface area (Å²) in [6, 6.07) is 3.73. The van der Waals surface area contributed by atoms with Crippen LogP contribution < -0.4 is 5.73 Å². The van der Waals surface area contributed by atoms with Crippen molar-refractivity contribution in [1.82, 2.24) is 9.80 Å². The highest BCUT2D eigenvalue weighted by Gasteiger charge is 2.33. The average molecular weight is 251 g/mol. The lowest BCUT2D eigenvalue weighted by atomic mass is 10.2. The molecular weight excluding hydrogens is 230 g/mol. The molecule has 0 aromatic carbocycles. The van der Waals surface area contributed by atoms with Gasteiger partial charge in [0, 0.05) is 19.1 Å². The first-order valence-corrected chi connectivity index (χ1v) is 6.36. The topological polar surface area (TPSA) is 62.7 Å². The molecule has 5 heteroatoms. The van der Waals surface area contributed by atoms with Gasteiger partial charge in [0.05, 0.1) is 12.8 Å². The van der Waals surface area contributed by atoms with E-state index in [9.17, 15) is 4.79 Å². The Morgan fingerprint density at radius 2 is 2.33 bits per heavy atom. The minimum absolute atomic E-state index is 0.0985. The fraction of sp³-hybridized carbons (Fsp3) is 0.615. The Balaban J connectivity index is 2.17. The summed E-state index contributed by atoms with van der Waals surface area (Å²) in [6.07, 6.45) is 2.59. The average Bonchev–Trinajstić information content (AvgIpc) is 2.83. The van der Waals surface area contributed by atoms with E-state index < -0.39 is 0 Å². The summed E-state index contributed by atoms with van der Waals surface area (Å²) >= 11 is 0. The van der Waals surface area contributed by atoms with E-state index in [1.807, 2.05) is 29.0 Å². The Kier molecular flexibility index (Phi) is 4.04. The van der Waals surface area contributed by atoms with Crippen LogP contribution in [0, 0.1) is 0 Å². The summed E-state index contributed by atoms with van der Waals surface area (Å²) in [5, 5.41) is 0. The van der Waals surface area contributed by atoms with Gasteiger partial charge in [0.1, 0.15) is 11.8 Å². The molecule has 2 rings (SSSR count). The molecule has 1 fully saturated rings. The molecule has 1 aromatic heterocycles. The van der Waals surface area contributed by atoms with Crippen molar-refractivity contribution >= 4 is 5.91 Å². The molecule has 1 saturated heterocycles. The van der Waals surface area contributed by atoms with Gasteiger partial charge in [-0.3, -0.25) is 9.69 Å². The van der Waals surface area contributed by atoms with Gasteiger partial charge < -0.3 is 15.1 Å². The van der Waals surface area contributed by atoms with Gasteiger partial charge in [-0.25, -0.2) is 0 Å². The Bertz CT molecular complexity index is 391. The number of hydrogen-bond donors (Lipinski definition) is 1. The van der Waals surface area contributed by atoms with Crippen LogP contribution >= 0.6 is 0 Å². The first-order chi connectivity index (χ1) is 8.63. The molecule has 0 spiro atoms. The number of carbonyl (C=O) groups is 1. The van der Waals surface area contributed by atoms with Gasteiger partial charge in [0.2, 0.25) is 5.91 Å². The second-order valence-corrected chi connectivity index (χ2v) is 4.92. The van der Waals surface area contributed by atoms with Crippen molar-refractivity contribution in [3.63, 3.8) is 0 Å². The summed E-state index contributed by atoms with van der Waals surface area (Å²) in [5.41, 5.74) is 5.72. The van der Waals surface area contributed by atoms with E-state index in [2.05, 4.69) is 6.92 Å². The number of nitrogens with two attached hydrogens (primary N) is 1. The Morgan fingerprint density at radius 1 is 1.56 bits per heavy atom. The zero-order chi connectivity index (χ0) is 13.1. The summed E-state index contributed by atoms with van der Waals surface area (Å²) in [5.74, 6) is 0.914. The van der Waals surface area contributed by atoms with Crippen molar-refractivity contribution in [1.29, 1.82) is 0 Å². The molecule has 0 saturated carbocycles. The predicted octanol–water partition coefficient (Wildman–Crippen LogP) is 0.660. The standard InChI is InChI=1S/C13H21N3O2/c1-10-5-6-15(2)12(8-14)13(17)16(10)9-11-4-3-7-18-11/h3-4,7,10,12H,5-6,8-9,14H2,1-2H3. The number of hydrogen-bond acceptors (Lipinski definition) is 4. The van der Waals surface area contributed by atoms with E-state index in [1.54, 1.807) is 6.26 Å². The molecule has 100 valence electrons. The molecule has 5 nitrogen and oxygen atoms in total. The number of carbonyl (C=O) groups excluding carboxylic acids is 1. The lowest BCUT2D eigenvalue weighted by Crippen LogP contribution is -2.49. The summed E-state index contributed by atoms with van der Waals surface area (Å²) in [4.78, 5) is 16.4. The third kappa shape index (κ3) is 2.57. The van der Waals surface area contributed by atoms with Crippen molar-refractivity contribution < 1.29 is 9.21 Å². The quantitative estimate of drug-likeness (QED) is 0.857. The van der Waals surface area contributed by atoms with Crippen molar-refractivity contribution in [2.45, 2.75) is 32.0 Å². The fourth-order valence-electron chi connectivity index (χ4n) is 2.38. The third-order valence-corrected chi connectivity index (χ3v) is 3.66. The van der Waals surface area contributed by atoms with Crippen LogP contribution in [0.15, 0.2) is 22.8 Å². The molecule has 2 unspecified atom stereocenters. The van der Waals surface area contributed by atoms with Crippen molar-refractivity contribution in [2.75, 3.05) is 20.1 Å². The van der Waals surface area contributed by atoms with Crippen LogP contribution in [0.4, 0.5) is 0 Å². The number of likely N-dealkylation sites (N-methyl/N-ethyl adjacent to an activating group) is 1. The number of furan rings is 1. The van der Waals surface area contributed by atoms with E-state index in [0.717, 1.165) is 18.7 Å². The van der Waals surface area contributed by atoms with Crippen molar-refractivity contribution in [2.24, 2.45) is 5.73 Å². The number of rotatable bonds is 3. The van der Waals surface area contributed by atoms with Crippen molar-refractivity contribution in [3.8, 4) is 0 Å². The monoisotopic (exact) mass is 251 g/mol. The Labute approximate surface area is 108 Å². The van der Waals surface area contributed by atoms with E-state index in [0.29, 0.717) is 13.1 Å². The molecule has 2 N–H and O–H groups in total. The minimum Gasteiger partial charge on any atom is -0.467 e. The zero-order valence-corrected chi connectivity index (χ0v) is 11.0. The normalized spacial score (nSPS) is 26.4. The molecule has 1 aromatic rings. The second-order valence-electron chi connectivity index (χ2n) is 4.92. The number of nitrogens with zero attached hydrogens (tertiary/aromatic N) is 2. The molecule has 1 aliphatic heterocycles. The molecule has 1 aliphatic rings. The maximum absolute atomic E-state index is 12.5. The van der Waals surface area contributed by atoms with Gasteiger partial charge in [-0.2, -0.15) is 0 Å². The van der Waals surface area contributed by atoms with Crippen LogP contribution in [-0.4, -0.2) is 47.9 Å². The van der Waals surface area contributed by atoms with Gasteiger partial charge in [-0.05, 0) is 32.5 Å². The van der Waals surface area contributed by atoms with E-state index in [1.165, 1.54) is 0 Å². The van der Waals surface area contributed by atoms with Crippen LogP contribution in [0.5, 0.6) is 0 Å². The van der Waals surface area contributed by atoms with Gasteiger partial charge in [-0.15, -0.1) is 0 Å². The lowest BCUT2D eigenvalue weighted by Gasteiger charge is -2.29. The van der Waals surface area contributed by atoms with Gasteiger partial charge in [-0.1, -0.05) is 0 Å². The SMILES string of the molecule is CC1CCN(C)C(CN)C(=O)N1Cc1ccco1. The largest absolute Gasteiger partial charge is 0.467 e. The molecule has 0 radical (unpaired) electrons. The maximum atomic E-state index is 12.5. The first-order valence-electron chi connectivity index (χ1n) is 6.36. The smallest absolute Gasteiger partial charge is 0.241 e. The van der Waals surface area contributed by atoms with Crippen LogP contribution in [-0.2, 0) is 11.3 Å². The summed E-state index contributed by atoms with van der Waals surface area (Å²) < 4.78 is 5.33. The summed E-state index contributed by atoms with van der Waals surface area (Å²) in [6.45, 7) is 3.85. The molecule has 2 heterocycles. The molecule has 1 amide bonds. The lowest BCUT2D eigenvalue weighted by molar-refractivity contribution is -0.137. The Morgan fingerprint density at radius 3 is 2.94 bits per heavy atom. The second kappa shape index (κ2) is 5.54. The molecular formula is C13H21N3O2. The summed E-state index contributed by atoms with van der Waals surface area (Å²) in [7, 11) is 1.96. The molecule has 0 bridgehead atoms. The molecule has 0 aliphatic carbocycles. The maximum Gasteiger partial charge on any atom is 0.241 e. The number of amides is 1. The van der Waals surface area contributed by atoms with Gasteiger partial charge in [0.15, 0.2) is 0 Å². The zero-order valence-electron chi connectivity index (χ0n) is 11.0. The van der Waals surface area contributed by atoms with Crippen LogP contribution in [0.25, 0.3) is 0 Å². The molecule has 18 heavy (non-hydrogen) atoms. The minimum atomic E-state index is -0.218. The fourth-order valence-corrected chi connectivity index (χ4v) is 2.38. The third-order valence-electron chi connectivity index (χ3n) is 3.66. The van der Waals surface area contributed by atoms with Crippen LogP contribution in [0.3, 0.4) is 0 Å². The van der Waals surface area contributed by atoms with E-state index in [4.69, 9.17) is 10.2 Å².